The Balaban J connectivity index is 4.06. The molecule has 0 aliphatic heterocycles. The summed E-state index contributed by atoms with van der Waals surface area (Å²) in [4.78, 5) is 37.3. The predicted octanol–water partition coefficient (Wildman–Crippen LogP) is 18.8. The summed E-state index contributed by atoms with van der Waals surface area (Å²) in [5, 5.41) is 9.69. The molecule has 0 aromatic heterocycles. The molecule has 0 aromatic rings. The van der Waals surface area contributed by atoms with E-state index in [1.165, 1.54) is 89.9 Å². The van der Waals surface area contributed by atoms with Crippen LogP contribution in [0, 0.1) is 0 Å². The van der Waals surface area contributed by atoms with E-state index in [1.807, 2.05) is 21.1 Å². The van der Waals surface area contributed by atoms with Crippen LogP contribution < -0.4 is 0 Å². The van der Waals surface area contributed by atoms with Crippen LogP contribution in [0.4, 0.5) is 0 Å². The van der Waals surface area contributed by atoms with E-state index in [1.54, 1.807) is 0 Å². The Morgan fingerprint density at radius 3 is 1.10 bits per heavy atom. The summed E-state index contributed by atoms with van der Waals surface area (Å²) in [5.41, 5.74) is 0. The molecule has 0 aliphatic rings. The van der Waals surface area contributed by atoms with E-state index in [0.717, 1.165) is 116 Å². The first kappa shape index (κ1) is 73.7. The van der Waals surface area contributed by atoms with Gasteiger partial charge < -0.3 is 28.5 Å². The van der Waals surface area contributed by atoms with Crippen molar-refractivity contribution in [2.45, 2.75) is 251 Å². The second kappa shape index (κ2) is 58.8. The van der Waals surface area contributed by atoms with Gasteiger partial charge in [-0.2, -0.15) is 0 Å². The Labute approximate surface area is 478 Å². The van der Waals surface area contributed by atoms with Gasteiger partial charge in [-0.1, -0.05) is 238 Å². The maximum absolute atomic E-state index is 12.9. The number of hydrogen-bond acceptors (Lipinski definition) is 7. The number of carboxylic acid groups (broad SMARTS) is 1. The number of quaternary nitrogens is 1. The number of hydrogen-bond donors (Lipinski definition) is 1. The molecule has 0 heterocycles. The maximum Gasteiger partial charge on any atom is 0.361 e. The third-order valence-electron chi connectivity index (χ3n) is 13.0. The average molecular weight is 1090 g/mol. The number of nitrogens with zero attached hydrogens (tertiary/aromatic N) is 1. The number of carbonyl (C=O) groups excluding carboxylic acids is 2. The molecule has 1 N–H and O–H groups in total. The quantitative estimate of drug-likeness (QED) is 0.0211. The minimum absolute atomic E-state index is 0.182. The molecule has 0 amide bonds. The van der Waals surface area contributed by atoms with Crippen molar-refractivity contribution in [3.63, 3.8) is 0 Å². The summed E-state index contributed by atoms with van der Waals surface area (Å²) in [7, 11) is 5.96. The highest BCUT2D eigenvalue weighted by Gasteiger charge is 2.25. The van der Waals surface area contributed by atoms with Crippen molar-refractivity contribution in [2.24, 2.45) is 0 Å². The minimum atomic E-state index is -1.52. The van der Waals surface area contributed by atoms with Crippen molar-refractivity contribution in [1.29, 1.82) is 0 Å². The van der Waals surface area contributed by atoms with Crippen LogP contribution in [0.15, 0.2) is 122 Å². The van der Waals surface area contributed by atoms with Crippen LogP contribution in [0.2, 0.25) is 0 Å². The van der Waals surface area contributed by atoms with Crippen LogP contribution in [0.3, 0.4) is 0 Å². The number of allylic oxidation sites excluding steroid dienone is 20. The zero-order valence-corrected chi connectivity index (χ0v) is 50.5. The zero-order chi connectivity index (χ0) is 56.9. The van der Waals surface area contributed by atoms with Gasteiger partial charge >= 0.3 is 17.9 Å². The number of carbonyl (C=O) groups is 3. The van der Waals surface area contributed by atoms with Crippen molar-refractivity contribution in [1.82, 2.24) is 0 Å². The second-order valence-corrected chi connectivity index (χ2v) is 21.6. The summed E-state index contributed by atoms with van der Waals surface area (Å²) in [5.74, 6) is -2.02. The fourth-order valence-corrected chi connectivity index (χ4v) is 8.18. The lowest BCUT2D eigenvalue weighted by Gasteiger charge is -2.25. The summed E-state index contributed by atoms with van der Waals surface area (Å²) >= 11 is 0. The van der Waals surface area contributed by atoms with Gasteiger partial charge in [-0.25, -0.2) is 4.79 Å². The third kappa shape index (κ3) is 59.4. The van der Waals surface area contributed by atoms with Gasteiger partial charge in [0.2, 0.25) is 0 Å². The topological polar surface area (TPSA) is 108 Å². The smallest absolute Gasteiger partial charge is 0.361 e. The molecule has 444 valence electrons. The molecule has 0 radical (unpaired) electrons. The van der Waals surface area contributed by atoms with E-state index in [-0.39, 0.29) is 38.6 Å². The van der Waals surface area contributed by atoms with E-state index in [4.69, 9.17) is 18.9 Å². The monoisotopic (exact) mass is 1090 g/mol. The molecule has 9 heteroatoms. The normalized spacial score (nSPS) is 13.6. The first-order chi connectivity index (χ1) is 38.1. The molecular weight excluding hydrogens is 971 g/mol. The first-order valence-corrected chi connectivity index (χ1v) is 31.2. The van der Waals surface area contributed by atoms with Crippen molar-refractivity contribution < 1.29 is 42.9 Å². The Kier molecular flexibility index (Phi) is 55.6. The molecule has 2 unspecified atom stereocenters. The fraction of sp³-hybridized carbons (Fsp3) is 0.667. The van der Waals surface area contributed by atoms with Gasteiger partial charge in [0.25, 0.3) is 6.29 Å². The fourth-order valence-electron chi connectivity index (χ4n) is 8.18. The van der Waals surface area contributed by atoms with Crippen LogP contribution in [0.5, 0.6) is 0 Å². The number of likely N-dealkylation sites (N-methyl/N-ethyl adjacent to an activating group) is 1. The molecule has 0 spiro atoms. The first-order valence-electron chi connectivity index (χ1n) is 31.2. The van der Waals surface area contributed by atoms with Crippen molar-refractivity contribution in [3.8, 4) is 0 Å². The molecule has 0 rings (SSSR count). The molecular formula is C69H116NO8+. The van der Waals surface area contributed by atoms with Crippen LogP contribution in [-0.2, 0) is 33.3 Å². The summed E-state index contributed by atoms with van der Waals surface area (Å²) in [6.07, 6.45) is 80.2. The molecule has 2 atom stereocenters. The Morgan fingerprint density at radius 1 is 0.397 bits per heavy atom. The number of unbranched alkanes of at least 4 members (excludes halogenated alkanes) is 21. The van der Waals surface area contributed by atoms with Crippen LogP contribution in [0.1, 0.15) is 239 Å². The highest BCUT2D eigenvalue weighted by Crippen LogP contribution is 2.15. The summed E-state index contributed by atoms with van der Waals surface area (Å²) in [6, 6.07) is 0. The Morgan fingerprint density at radius 2 is 0.731 bits per heavy atom. The van der Waals surface area contributed by atoms with Crippen molar-refractivity contribution in [2.75, 3.05) is 47.5 Å². The lowest BCUT2D eigenvalue weighted by Crippen LogP contribution is -2.40. The van der Waals surface area contributed by atoms with E-state index in [2.05, 4.69) is 135 Å². The van der Waals surface area contributed by atoms with Crippen LogP contribution in [0.25, 0.3) is 0 Å². The van der Waals surface area contributed by atoms with Crippen molar-refractivity contribution in [3.05, 3.63) is 122 Å². The average Bonchev–Trinajstić information content (AvgIpc) is 3.41. The number of ether oxygens (including phenoxy) is 4. The summed E-state index contributed by atoms with van der Waals surface area (Å²) in [6.45, 7) is 4.71. The molecule has 0 fully saturated rings. The van der Waals surface area contributed by atoms with Crippen molar-refractivity contribution >= 4 is 17.9 Å². The number of carboxylic acids is 1. The highest BCUT2D eigenvalue weighted by atomic mass is 16.7. The molecule has 0 saturated carbocycles. The molecule has 0 saturated heterocycles. The molecule has 0 bridgehead atoms. The zero-order valence-electron chi connectivity index (χ0n) is 50.5. The number of rotatable bonds is 56. The SMILES string of the molecule is CC/C=C\C/C=C\C/C=C\C/C=C\C/C=C\C/C=C\C/C=C\C/C=C\C/C=C\CCCCCCCCCCCCCCCC(=O)OC(COC(=O)CCCCCCC/C=C\CCCCC)COC(OCC[N+](C)(C)C)C(=O)O. The predicted molar refractivity (Wildman–Crippen MR) is 331 cm³/mol. The van der Waals surface area contributed by atoms with Gasteiger partial charge in [-0.05, 0) is 109 Å². The van der Waals surface area contributed by atoms with Crippen LogP contribution >= 0.6 is 0 Å². The van der Waals surface area contributed by atoms with Gasteiger partial charge in [0.1, 0.15) is 13.2 Å². The number of aliphatic carboxylic acids is 1. The Bertz CT molecular complexity index is 1690. The maximum atomic E-state index is 12.9. The van der Waals surface area contributed by atoms with E-state index >= 15 is 0 Å². The van der Waals surface area contributed by atoms with Gasteiger partial charge in [-0.15, -0.1) is 0 Å². The van der Waals surface area contributed by atoms with Gasteiger partial charge in [0.15, 0.2) is 6.10 Å². The third-order valence-corrected chi connectivity index (χ3v) is 13.0. The minimum Gasteiger partial charge on any atom is -0.477 e. The molecule has 78 heavy (non-hydrogen) atoms. The molecule has 0 aromatic carbocycles. The van der Waals surface area contributed by atoms with Crippen LogP contribution in [-0.4, -0.2) is 87.4 Å². The van der Waals surface area contributed by atoms with E-state index in [9.17, 15) is 19.5 Å². The summed E-state index contributed by atoms with van der Waals surface area (Å²) < 4.78 is 22.8. The molecule has 0 aliphatic carbocycles. The lowest BCUT2D eigenvalue weighted by molar-refractivity contribution is -0.870. The second-order valence-electron chi connectivity index (χ2n) is 21.6. The van der Waals surface area contributed by atoms with E-state index < -0.39 is 24.3 Å². The van der Waals surface area contributed by atoms with Gasteiger partial charge in [0, 0.05) is 12.8 Å². The van der Waals surface area contributed by atoms with Gasteiger partial charge in [-0.3, -0.25) is 9.59 Å². The highest BCUT2D eigenvalue weighted by molar-refractivity contribution is 5.71. The molecule has 9 nitrogen and oxygen atoms in total. The van der Waals surface area contributed by atoms with Gasteiger partial charge in [0.05, 0.1) is 34.4 Å². The number of esters is 2. The Hall–Kier alpha value is -4.31. The largest absolute Gasteiger partial charge is 0.477 e. The lowest BCUT2D eigenvalue weighted by atomic mass is 10.0. The van der Waals surface area contributed by atoms with E-state index in [0.29, 0.717) is 17.4 Å². The standard InChI is InChI=1S/C69H115NO8/c1-6-8-10-12-14-16-18-20-21-22-23-24-25-26-27-28-29-30-31-32-33-34-35-36-37-38-39-40-41-42-43-44-45-46-47-48-50-52-54-56-58-60-67(72)78-65(64-77-69(68(73)74)75-62-61-70(3,4)5)63-76-66(71)59-57-55-53-51-49-19-17-15-13-11-9-7-2/h8,10,14-17,20-21,23-24,26-27,29-30,32-33,35-36,38-39,65,69H,6-7,9,11-13,18-19,22,25,28,31,34,37,40-64H2,1-5H3/p+1/b10-8-,16-14-,17-15-,21-20-,24-23-,27-26-,30-29-,33-32-,36-35-,39-38-.